The molecule has 0 spiro atoms. The number of amides is 1. The quantitative estimate of drug-likeness (QED) is 0.164. The lowest BCUT2D eigenvalue weighted by Crippen LogP contribution is -2.22. The van der Waals surface area contributed by atoms with Crippen molar-refractivity contribution in [3.8, 4) is 5.75 Å². The number of hydrogen-bond acceptors (Lipinski definition) is 5. The van der Waals surface area contributed by atoms with Crippen LogP contribution in [0.2, 0.25) is 0 Å². The minimum absolute atomic E-state index is 0.0687. The third kappa shape index (κ3) is 7.17. The second-order valence-corrected chi connectivity index (χ2v) is 4.53. The summed E-state index contributed by atoms with van der Waals surface area (Å²) in [6.45, 7) is 2.09. The van der Waals surface area contributed by atoms with Crippen molar-refractivity contribution in [2.24, 2.45) is 16.6 Å². The highest BCUT2D eigenvalue weighted by Crippen LogP contribution is 2.11. The van der Waals surface area contributed by atoms with Gasteiger partial charge in [0.2, 0.25) is 5.91 Å². The summed E-state index contributed by atoms with van der Waals surface area (Å²) in [6, 6.07) is 6.98. The first-order valence-electron chi connectivity index (χ1n) is 6.83. The maximum Gasteiger partial charge on any atom is 0.217 e. The van der Waals surface area contributed by atoms with E-state index in [1.807, 2.05) is 0 Å². The number of amidine groups is 1. The Morgan fingerprint density at radius 1 is 1.19 bits per heavy atom. The monoisotopic (exact) mass is 294 g/mol. The van der Waals surface area contributed by atoms with E-state index in [1.165, 1.54) is 0 Å². The van der Waals surface area contributed by atoms with Gasteiger partial charge in [-0.25, -0.2) is 0 Å². The first-order chi connectivity index (χ1) is 10.1. The normalized spacial score (nSPS) is 11.3. The average Bonchev–Trinajstić information content (AvgIpc) is 2.49. The van der Waals surface area contributed by atoms with Gasteiger partial charge in [-0.2, -0.15) is 0 Å². The van der Waals surface area contributed by atoms with Gasteiger partial charge in [-0.05, 0) is 43.7 Å². The third-order valence-electron chi connectivity index (χ3n) is 2.83. The molecule has 1 amide bonds. The van der Waals surface area contributed by atoms with Crippen molar-refractivity contribution in [2.75, 3.05) is 19.7 Å². The molecule has 0 saturated heterocycles. The van der Waals surface area contributed by atoms with Crippen LogP contribution in [0.5, 0.6) is 5.75 Å². The molecule has 116 valence electrons. The summed E-state index contributed by atoms with van der Waals surface area (Å²) >= 11 is 0. The number of hydrogen-bond donors (Lipinski definition) is 4. The van der Waals surface area contributed by atoms with Gasteiger partial charge in [0.25, 0.3) is 0 Å². The summed E-state index contributed by atoms with van der Waals surface area (Å²) in [4.78, 5) is 10.5. The van der Waals surface area contributed by atoms with Gasteiger partial charge in [-0.1, -0.05) is 5.16 Å². The molecule has 1 aromatic rings. The van der Waals surface area contributed by atoms with Gasteiger partial charge < -0.3 is 26.7 Å². The lowest BCUT2D eigenvalue weighted by atomic mass is 10.2. The summed E-state index contributed by atoms with van der Waals surface area (Å²) < 4.78 is 5.54. The fourth-order valence-corrected chi connectivity index (χ4v) is 1.69. The summed E-state index contributed by atoms with van der Waals surface area (Å²) in [6.07, 6.45) is 2.15. The van der Waals surface area contributed by atoms with E-state index in [0.29, 0.717) is 18.6 Å². The van der Waals surface area contributed by atoms with Crippen LogP contribution in [0.4, 0.5) is 0 Å². The minimum atomic E-state index is -0.256. The van der Waals surface area contributed by atoms with Gasteiger partial charge in [0.15, 0.2) is 5.84 Å². The van der Waals surface area contributed by atoms with Crippen LogP contribution in [0.1, 0.15) is 24.8 Å². The van der Waals surface area contributed by atoms with Crippen molar-refractivity contribution < 1.29 is 14.7 Å². The van der Waals surface area contributed by atoms with E-state index in [9.17, 15) is 4.79 Å². The molecular weight excluding hydrogens is 272 g/mol. The maximum atomic E-state index is 10.5. The Bertz CT molecular complexity index is 460. The summed E-state index contributed by atoms with van der Waals surface area (Å²) in [5, 5.41) is 14.7. The number of rotatable bonds is 10. The Kier molecular flexibility index (Phi) is 7.67. The highest BCUT2D eigenvalue weighted by molar-refractivity contribution is 5.97. The molecule has 21 heavy (non-hydrogen) atoms. The molecule has 0 aromatic heterocycles. The van der Waals surface area contributed by atoms with Crippen LogP contribution in [0.25, 0.3) is 0 Å². The van der Waals surface area contributed by atoms with Gasteiger partial charge in [-0.3, -0.25) is 4.79 Å². The van der Waals surface area contributed by atoms with E-state index in [2.05, 4.69) is 10.5 Å². The highest BCUT2D eigenvalue weighted by atomic mass is 16.5. The third-order valence-corrected chi connectivity index (χ3v) is 2.83. The van der Waals surface area contributed by atoms with Gasteiger partial charge in [-0.15, -0.1) is 0 Å². The van der Waals surface area contributed by atoms with Crippen molar-refractivity contribution in [3.63, 3.8) is 0 Å². The van der Waals surface area contributed by atoms with Crippen LogP contribution in [0, 0.1) is 0 Å². The molecular formula is C14H22N4O3. The minimum Gasteiger partial charge on any atom is -0.492 e. The van der Waals surface area contributed by atoms with Gasteiger partial charge in [0.05, 0.1) is 0 Å². The molecule has 0 aliphatic carbocycles. The number of unbranched alkanes of at least 4 members (excludes halogenated alkanes) is 1. The summed E-state index contributed by atoms with van der Waals surface area (Å²) in [5.41, 5.74) is 11.1. The smallest absolute Gasteiger partial charge is 0.217 e. The Labute approximate surface area is 123 Å². The van der Waals surface area contributed by atoms with Gasteiger partial charge >= 0.3 is 0 Å². The summed E-state index contributed by atoms with van der Waals surface area (Å²) in [7, 11) is 0. The first kappa shape index (κ1) is 16.8. The number of nitrogens with one attached hydrogen (secondary N) is 1. The number of nitrogens with two attached hydrogens (primary N) is 2. The lowest BCUT2D eigenvalue weighted by Gasteiger charge is -2.08. The average molecular weight is 294 g/mol. The number of carbonyl (C=O) groups is 1. The fourth-order valence-electron chi connectivity index (χ4n) is 1.69. The molecule has 0 bridgehead atoms. The fraction of sp³-hybridized carbons (Fsp3) is 0.429. The Morgan fingerprint density at radius 2 is 1.90 bits per heavy atom. The molecule has 1 rings (SSSR count). The molecule has 0 unspecified atom stereocenters. The number of ether oxygens (including phenoxy) is 1. The molecule has 7 heteroatoms. The first-order valence-corrected chi connectivity index (χ1v) is 6.83. The van der Waals surface area contributed by atoms with Crippen LogP contribution >= 0.6 is 0 Å². The van der Waals surface area contributed by atoms with E-state index in [1.54, 1.807) is 24.3 Å². The van der Waals surface area contributed by atoms with Crippen LogP contribution < -0.4 is 21.5 Å². The zero-order chi connectivity index (χ0) is 15.5. The standard InChI is InChI=1S/C14H22N4O3/c15-13(19)3-1-2-8-17-9-10-21-12-6-4-11(5-7-12)14(16)18-20/h4-7,17,20H,1-3,8-10H2,(H2,15,19)(H2,16,18). The number of benzene rings is 1. The molecule has 0 saturated carbocycles. The van der Waals surface area contributed by atoms with Crippen LogP contribution in [-0.2, 0) is 4.79 Å². The number of carbonyl (C=O) groups excluding carboxylic acids is 1. The topological polar surface area (TPSA) is 123 Å². The van der Waals surface area contributed by atoms with Crippen molar-refractivity contribution in [1.29, 1.82) is 0 Å². The molecule has 0 atom stereocenters. The predicted octanol–water partition coefficient (Wildman–Crippen LogP) is 0.405. The molecule has 7 nitrogen and oxygen atoms in total. The molecule has 1 aromatic carbocycles. The largest absolute Gasteiger partial charge is 0.492 e. The second kappa shape index (κ2) is 9.60. The van der Waals surface area contributed by atoms with Gasteiger partial charge in [0, 0.05) is 18.5 Å². The van der Waals surface area contributed by atoms with Crippen LogP contribution in [0.3, 0.4) is 0 Å². The number of oxime groups is 1. The van der Waals surface area contributed by atoms with Crippen molar-refractivity contribution >= 4 is 11.7 Å². The Balaban J connectivity index is 2.11. The Morgan fingerprint density at radius 3 is 2.52 bits per heavy atom. The van der Waals surface area contributed by atoms with Crippen molar-refractivity contribution in [1.82, 2.24) is 5.32 Å². The van der Waals surface area contributed by atoms with E-state index in [0.717, 1.165) is 31.7 Å². The number of primary amides is 1. The van der Waals surface area contributed by atoms with E-state index >= 15 is 0 Å². The van der Waals surface area contributed by atoms with E-state index in [-0.39, 0.29) is 11.7 Å². The molecule has 0 radical (unpaired) electrons. The second-order valence-electron chi connectivity index (χ2n) is 4.53. The van der Waals surface area contributed by atoms with Crippen LogP contribution in [0.15, 0.2) is 29.4 Å². The molecule has 6 N–H and O–H groups in total. The highest BCUT2D eigenvalue weighted by Gasteiger charge is 1.99. The zero-order valence-corrected chi connectivity index (χ0v) is 11.9. The molecule has 0 aliphatic rings. The van der Waals surface area contributed by atoms with Crippen molar-refractivity contribution in [3.05, 3.63) is 29.8 Å². The van der Waals surface area contributed by atoms with Crippen LogP contribution in [-0.4, -0.2) is 36.6 Å². The molecule has 0 heterocycles. The van der Waals surface area contributed by atoms with E-state index in [4.69, 9.17) is 21.4 Å². The molecule has 0 fully saturated rings. The zero-order valence-electron chi connectivity index (χ0n) is 11.9. The lowest BCUT2D eigenvalue weighted by molar-refractivity contribution is -0.118. The maximum absolute atomic E-state index is 10.5. The Hall–Kier alpha value is -2.28. The molecule has 0 aliphatic heterocycles. The summed E-state index contributed by atoms with van der Waals surface area (Å²) in [5.74, 6) is 0.535. The predicted molar refractivity (Wildman–Crippen MR) is 80.4 cm³/mol. The van der Waals surface area contributed by atoms with Gasteiger partial charge in [0.1, 0.15) is 12.4 Å². The number of nitrogens with zero attached hydrogens (tertiary/aromatic N) is 1. The SMILES string of the molecule is NC(=O)CCCCNCCOc1ccc(/C(N)=N/O)cc1. The van der Waals surface area contributed by atoms with E-state index < -0.39 is 0 Å². The van der Waals surface area contributed by atoms with Crippen molar-refractivity contribution in [2.45, 2.75) is 19.3 Å².